The van der Waals surface area contributed by atoms with Crippen molar-refractivity contribution in [1.82, 2.24) is 34.6 Å². The highest BCUT2D eigenvalue weighted by atomic mass is 35.5. The largest absolute Gasteiger partial charge is 0.505 e. The summed E-state index contributed by atoms with van der Waals surface area (Å²) in [4.78, 5) is 21.7. The minimum absolute atomic E-state index is 0.228. The van der Waals surface area contributed by atoms with Gasteiger partial charge in [-0.15, -0.1) is 0 Å². The van der Waals surface area contributed by atoms with Gasteiger partial charge < -0.3 is 40.0 Å². The van der Waals surface area contributed by atoms with E-state index in [1.54, 1.807) is 18.6 Å². The predicted molar refractivity (Wildman–Crippen MR) is 295 cm³/mol. The first kappa shape index (κ1) is 54.9. The van der Waals surface area contributed by atoms with E-state index in [0.29, 0.717) is 51.2 Å². The van der Waals surface area contributed by atoms with Gasteiger partial charge in [-0.2, -0.15) is 0 Å². The molecule has 15 nitrogen and oxygen atoms in total. The Hall–Kier alpha value is -5.30. The summed E-state index contributed by atoms with van der Waals surface area (Å²) >= 11 is 18.8. The number of ether oxygens (including phenoxy) is 3. The molecule has 74 heavy (non-hydrogen) atoms. The zero-order valence-corrected chi connectivity index (χ0v) is 44.5. The van der Waals surface area contributed by atoms with Crippen LogP contribution in [0.1, 0.15) is 48.1 Å². The number of fused-ring (bicyclic) bond motifs is 4. The number of rotatable bonds is 10. The molecule has 7 heterocycles. The number of hydrogen-bond donors (Lipinski definition) is 5. The van der Waals surface area contributed by atoms with E-state index in [0.717, 1.165) is 179 Å². The second kappa shape index (κ2) is 27.0. The summed E-state index contributed by atoms with van der Waals surface area (Å²) in [7, 11) is 0. The van der Waals surface area contributed by atoms with Crippen LogP contribution in [0, 0.1) is 0 Å². The fraction of sp³-hybridized carbons (Fsp3) is 0.411. The number of anilines is 1. The van der Waals surface area contributed by atoms with Gasteiger partial charge in [0.25, 0.3) is 0 Å². The maximum absolute atomic E-state index is 10.4. The summed E-state index contributed by atoms with van der Waals surface area (Å²) in [5.74, 6) is 1.14. The summed E-state index contributed by atoms with van der Waals surface area (Å²) in [5, 5.41) is 49.1. The van der Waals surface area contributed by atoms with Crippen LogP contribution >= 0.6 is 34.8 Å². The normalized spacial score (nSPS) is 16.4. The van der Waals surface area contributed by atoms with E-state index < -0.39 is 0 Å². The van der Waals surface area contributed by atoms with Gasteiger partial charge in [-0.25, -0.2) is 0 Å². The van der Waals surface area contributed by atoms with E-state index >= 15 is 0 Å². The number of benzene rings is 4. The van der Waals surface area contributed by atoms with Crippen molar-refractivity contribution in [2.24, 2.45) is 0 Å². The molecule has 3 saturated heterocycles. The van der Waals surface area contributed by atoms with Gasteiger partial charge in [-0.05, 0) is 80.0 Å². The third-order valence-electron chi connectivity index (χ3n) is 13.7. The van der Waals surface area contributed by atoms with Crippen molar-refractivity contribution < 1.29 is 34.6 Å². The molecule has 0 spiro atoms. The molecule has 3 aromatic heterocycles. The van der Waals surface area contributed by atoms with Gasteiger partial charge in [0.05, 0.1) is 55.4 Å². The smallest absolute Gasteiger partial charge is 0.146 e. The highest BCUT2D eigenvalue weighted by molar-refractivity contribution is 6.36. The van der Waals surface area contributed by atoms with Crippen molar-refractivity contribution in [1.29, 1.82) is 0 Å². The van der Waals surface area contributed by atoms with Crippen LogP contribution in [0.15, 0.2) is 85.3 Å². The first-order chi connectivity index (χ1) is 36.0. The van der Waals surface area contributed by atoms with Crippen molar-refractivity contribution in [3.63, 3.8) is 0 Å². The first-order valence-electron chi connectivity index (χ1n) is 25.5. The van der Waals surface area contributed by atoms with Crippen LogP contribution in [0.5, 0.6) is 23.0 Å². The molecular weight excluding hydrogens is 1000 g/mol. The van der Waals surface area contributed by atoms with Gasteiger partial charge in [0.2, 0.25) is 0 Å². The number of pyridine rings is 3. The van der Waals surface area contributed by atoms with Crippen LogP contribution in [-0.4, -0.2) is 154 Å². The van der Waals surface area contributed by atoms with Crippen molar-refractivity contribution >= 4 is 73.2 Å². The number of halogens is 3. The number of aromatic hydroxyl groups is 4. The zero-order valence-electron chi connectivity index (χ0n) is 42.2. The molecule has 5 N–H and O–H groups in total. The quantitative estimate of drug-likeness (QED) is 0.0819. The Bertz CT molecular complexity index is 2970. The van der Waals surface area contributed by atoms with Gasteiger partial charge in [0, 0.05) is 134 Å². The summed E-state index contributed by atoms with van der Waals surface area (Å²) in [6, 6.07) is 20.8. The van der Waals surface area contributed by atoms with Crippen LogP contribution in [0.3, 0.4) is 0 Å². The van der Waals surface area contributed by atoms with Gasteiger partial charge in [0.1, 0.15) is 39.5 Å². The van der Waals surface area contributed by atoms with Crippen LogP contribution in [0.25, 0.3) is 32.7 Å². The lowest BCUT2D eigenvalue weighted by atomic mass is 9.99. The Labute approximate surface area is 448 Å². The predicted octanol–water partition coefficient (Wildman–Crippen LogP) is 9.87. The van der Waals surface area contributed by atoms with E-state index in [-0.39, 0.29) is 11.5 Å². The average molecular weight is 1070 g/mol. The van der Waals surface area contributed by atoms with E-state index in [4.69, 9.17) is 49.0 Å². The van der Waals surface area contributed by atoms with Crippen molar-refractivity contribution in [3.8, 4) is 23.0 Å². The summed E-state index contributed by atoms with van der Waals surface area (Å²) in [6.07, 6.45) is 7.04. The van der Waals surface area contributed by atoms with Gasteiger partial charge in [-0.1, -0.05) is 66.8 Å². The molecule has 394 valence electrons. The van der Waals surface area contributed by atoms with Crippen molar-refractivity contribution in [2.45, 2.75) is 52.9 Å². The summed E-state index contributed by atoms with van der Waals surface area (Å²) in [6.45, 7) is 19.7. The Kier molecular flexibility index (Phi) is 20.0. The monoisotopic (exact) mass is 1070 g/mol. The van der Waals surface area contributed by atoms with Gasteiger partial charge in [0.15, 0.2) is 0 Å². The van der Waals surface area contributed by atoms with E-state index in [1.807, 2.05) is 66.7 Å². The van der Waals surface area contributed by atoms with E-state index in [1.165, 1.54) is 0 Å². The van der Waals surface area contributed by atoms with Crippen molar-refractivity contribution in [2.75, 3.05) is 104 Å². The molecule has 0 radical (unpaired) electrons. The summed E-state index contributed by atoms with van der Waals surface area (Å²) in [5.41, 5.74) is 7.20. The molecule has 0 saturated carbocycles. The molecule has 3 fully saturated rings. The Morgan fingerprint density at radius 1 is 0.541 bits per heavy atom. The molecule has 0 unspecified atom stereocenters. The van der Waals surface area contributed by atoms with Crippen LogP contribution < -0.4 is 5.32 Å². The molecule has 0 bridgehead atoms. The number of aromatic nitrogens is 3. The fourth-order valence-corrected chi connectivity index (χ4v) is 10.4. The standard InChI is InChI=1S/C14H19ClN2O2.C14H15ClN2O2.C14H17ClN2O.C14H16N2O2/c2*15-12-8-10(9-17-4-6-19-7-5-17)14(18)13-11(12)2-1-3-16-13;1-3-17(4-2)9-10-8-12(15)11-6-5-7-16-13(11)14(10)18;17-14-12(10-16-6-8-18-9-7-16)4-3-11-2-1-5-15-13(11)14/h8,16,18H,1-7,9H2;1-3,8,18H,4-7,9H2;5-8,18H,3-4,9H2,1-2H3;1-5,17H,6-10H2. The number of nitrogens with one attached hydrogen (secondary N) is 1. The highest BCUT2D eigenvalue weighted by Gasteiger charge is 2.22. The van der Waals surface area contributed by atoms with Crippen LogP contribution in [0.4, 0.5) is 5.69 Å². The molecule has 0 amide bonds. The highest BCUT2D eigenvalue weighted by Crippen LogP contribution is 2.40. The number of nitrogens with zero attached hydrogens (tertiary/aromatic N) is 7. The Balaban J connectivity index is 0.000000131. The molecule has 4 aromatic carbocycles. The fourth-order valence-electron chi connectivity index (χ4n) is 9.47. The minimum Gasteiger partial charge on any atom is -0.505 e. The SMILES string of the molecule is CCN(CC)Cc1cc(Cl)c2cccnc2c1O.Oc1c(CN2CCOCC2)cc(Cl)c2c1NCCC2.Oc1c(CN2CCOCC2)cc(Cl)c2cccnc12.Oc1c(CN2CCOCC2)ccc2cccnc12. The number of hydrogen-bond acceptors (Lipinski definition) is 15. The zero-order chi connectivity index (χ0) is 52.0. The minimum atomic E-state index is 0.228. The number of morpholine rings is 3. The number of phenols is 4. The molecular formula is C56H67Cl3N8O7. The second-order valence-corrected chi connectivity index (χ2v) is 19.8. The molecule has 4 aliphatic heterocycles. The average Bonchev–Trinajstić information content (AvgIpc) is 3.44. The van der Waals surface area contributed by atoms with E-state index in [2.05, 4.69) is 53.7 Å². The molecule has 0 aliphatic carbocycles. The lowest BCUT2D eigenvalue weighted by Gasteiger charge is -2.28. The molecule has 11 rings (SSSR count). The first-order valence-corrected chi connectivity index (χ1v) is 26.6. The Morgan fingerprint density at radius 3 is 1.53 bits per heavy atom. The summed E-state index contributed by atoms with van der Waals surface area (Å²) < 4.78 is 16.0. The third-order valence-corrected chi connectivity index (χ3v) is 14.7. The maximum Gasteiger partial charge on any atom is 0.146 e. The molecule has 4 aliphatic rings. The Morgan fingerprint density at radius 2 is 0.986 bits per heavy atom. The lowest BCUT2D eigenvalue weighted by Crippen LogP contribution is -2.35. The maximum atomic E-state index is 10.4. The molecule has 18 heteroatoms. The van der Waals surface area contributed by atoms with Gasteiger partial charge in [-0.3, -0.25) is 34.6 Å². The van der Waals surface area contributed by atoms with Crippen LogP contribution in [-0.2, 0) is 46.8 Å². The number of phenolic OH excluding ortho intramolecular Hbond substituents is 4. The lowest BCUT2D eigenvalue weighted by molar-refractivity contribution is 0.0338. The molecule has 7 aromatic rings. The molecule has 0 atom stereocenters. The van der Waals surface area contributed by atoms with Gasteiger partial charge >= 0.3 is 0 Å². The third kappa shape index (κ3) is 13.9. The van der Waals surface area contributed by atoms with E-state index in [9.17, 15) is 20.4 Å². The van der Waals surface area contributed by atoms with Crippen LogP contribution in [0.2, 0.25) is 15.1 Å². The van der Waals surface area contributed by atoms with Crippen molar-refractivity contribution in [3.05, 3.63) is 128 Å². The topological polar surface area (TPSA) is 172 Å². The second-order valence-electron chi connectivity index (χ2n) is 18.6.